The summed E-state index contributed by atoms with van der Waals surface area (Å²) < 4.78 is 0. The van der Waals surface area contributed by atoms with Gasteiger partial charge in [0.25, 0.3) is 5.91 Å². The van der Waals surface area contributed by atoms with E-state index >= 15 is 0 Å². The Morgan fingerprint density at radius 2 is 1.96 bits per heavy atom. The fraction of sp³-hybridized carbons (Fsp3) is 0.850. The number of aliphatic hydroxyl groups excluding tert-OH is 1. The molecule has 2 atom stereocenters. The standard InChI is InChI=1S/C20H34N4O4/c1-4-19(2,3)14-5-7-20(8-6-14)17(27)24(18(28)23-20)12-16(26)22-10-13-9-21-11-15(13)25/h13-15,21,25H,4-12H2,1-3H3,(H,22,26)(H,23,28). The number of hydrogen-bond acceptors (Lipinski definition) is 5. The molecule has 4 N–H and O–H groups in total. The van der Waals surface area contributed by atoms with E-state index < -0.39 is 17.7 Å². The van der Waals surface area contributed by atoms with E-state index in [9.17, 15) is 19.5 Å². The van der Waals surface area contributed by atoms with Gasteiger partial charge in [0.1, 0.15) is 12.1 Å². The van der Waals surface area contributed by atoms with Crippen LogP contribution in [0.1, 0.15) is 52.9 Å². The maximum Gasteiger partial charge on any atom is 0.325 e. The van der Waals surface area contributed by atoms with Crippen LogP contribution in [0.25, 0.3) is 0 Å². The van der Waals surface area contributed by atoms with Crippen molar-refractivity contribution >= 4 is 17.8 Å². The number of urea groups is 1. The van der Waals surface area contributed by atoms with E-state index in [-0.39, 0.29) is 29.7 Å². The van der Waals surface area contributed by atoms with Crippen LogP contribution < -0.4 is 16.0 Å². The molecule has 0 bridgehead atoms. The van der Waals surface area contributed by atoms with E-state index in [1.54, 1.807) is 0 Å². The monoisotopic (exact) mass is 394 g/mol. The zero-order chi connectivity index (χ0) is 20.5. The molecule has 1 aliphatic carbocycles. The first kappa shape index (κ1) is 21.0. The number of aliphatic hydroxyl groups is 1. The Morgan fingerprint density at radius 3 is 2.54 bits per heavy atom. The highest BCUT2D eigenvalue weighted by Gasteiger charge is 2.53. The fourth-order valence-electron chi connectivity index (χ4n) is 4.71. The summed E-state index contributed by atoms with van der Waals surface area (Å²) in [4.78, 5) is 38.7. The molecule has 2 aliphatic heterocycles. The van der Waals surface area contributed by atoms with Gasteiger partial charge in [0, 0.05) is 25.6 Å². The molecule has 0 aromatic heterocycles. The minimum Gasteiger partial charge on any atom is -0.391 e. The number of nitrogens with one attached hydrogen (secondary N) is 3. The summed E-state index contributed by atoms with van der Waals surface area (Å²) in [5.74, 6) is -0.157. The molecule has 8 heteroatoms. The lowest BCUT2D eigenvalue weighted by atomic mass is 9.65. The summed E-state index contributed by atoms with van der Waals surface area (Å²) in [6, 6.07) is -0.476. The van der Waals surface area contributed by atoms with Crippen molar-refractivity contribution in [2.45, 2.75) is 64.5 Å². The van der Waals surface area contributed by atoms with Crippen molar-refractivity contribution in [3.05, 3.63) is 0 Å². The van der Waals surface area contributed by atoms with Gasteiger partial charge in [-0.2, -0.15) is 0 Å². The zero-order valence-corrected chi connectivity index (χ0v) is 17.2. The van der Waals surface area contributed by atoms with Crippen LogP contribution in [0.15, 0.2) is 0 Å². The molecule has 1 spiro atoms. The van der Waals surface area contributed by atoms with Gasteiger partial charge >= 0.3 is 6.03 Å². The van der Waals surface area contributed by atoms with Crippen LogP contribution in [0.4, 0.5) is 4.79 Å². The van der Waals surface area contributed by atoms with Crippen LogP contribution in [-0.4, -0.2) is 65.7 Å². The number of carbonyl (C=O) groups excluding carboxylic acids is 3. The molecule has 2 saturated heterocycles. The van der Waals surface area contributed by atoms with E-state index in [1.807, 2.05) is 0 Å². The highest BCUT2D eigenvalue weighted by atomic mass is 16.3. The largest absolute Gasteiger partial charge is 0.391 e. The SMILES string of the molecule is CCC(C)(C)C1CCC2(CC1)NC(=O)N(CC(=O)NCC1CNCC1O)C2=O. The first-order valence-electron chi connectivity index (χ1n) is 10.5. The molecule has 2 unspecified atom stereocenters. The number of hydrogen-bond donors (Lipinski definition) is 4. The average Bonchev–Trinajstić information content (AvgIpc) is 3.17. The van der Waals surface area contributed by atoms with E-state index in [0.717, 1.165) is 24.2 Å². The van der Waals surface area contributed by atoms with Gasteiger partial charge in [0.15, 0.2) is 0 Å². The lowest BCUT2D eigenvalue weighted by Crippen LogP contribution is -2.51. The smallest absolute Gasteiger partial charge is 0.325 e. The highest BCUT2D eigenvalue weighted by molar-refractivity contribution is 6.09. The molecule has 1 saturated carbocycles. The van der Waals surface area contributed by atoms with Gasteiger partial charge < -0.3 is 21.1 Å². The van der Waals surface area contributed by atoms with Gasteiger partial charge in [-0.1, -0.05) is 27.2 Å². The van der Waals surface area contributed by atoms with Crippen molar-refractivity contribution in [2.24, 2.45) is 17.3 Å². The summed E-state index contributed by atoms with van der Waals surface area (Å²) in [5, 5.41) is 18.5. The van der Waals surface area contributed by atoms with Gasteiger partial charge in [-0.15, -0.1) is 0 Å². The topological polar surface area (TPSA) is 111 Å². The third-order valence-corrected chi connectivity index (χ3v) is 7.27. The second-order valence-corrected chi connectivity index (χ2v) is 9.31. The normalized spacial score (nSPS) is 33.4. The van der Waals surface area contributed by atoms with Crippen LogP contribution in [0.5, 0.6) is 0 Å². The maximum atomic E-state index is 13.0. The Morgan fingerprint density at radius 1 is 1.29 bits per heavy atom. The summed E-state index contributed by atoms with van der Waals surface area (Å²) >= 11 is 0. The minimum atomic E-state index is -0.844. The maximum absolute atomic E-state index is 13.0. The predicted molar refractivity (Wildman–Crippen MR) is 104 cm³/mol. The molecule has 3 rings (SSSR count). The molecule has 4 amide bonds. The fourth-order valence-corrected chi connectivity index (χ4v) is 4.71. The van der Waals surface area contributed by atoms with Crippen molar-refractivity contribution in [3.8, 4) is 0 Å². The summed E-state index contributed by atoms with van der Waals surface area (Å²) in [6.45, 7) is 7.93. The molecule has 3 fully saturated rings. The van der Waals surface area contributed by atoms with Crippen LogP contribution in [-0.2, 0) is 9.59 Å². The van der Waals surface area contributed by atoms with E-state index in [2.05, 4.69) is 36.7 Å². The molecule has 28 heavy (non-hydrogen) atoms. The first-order valence-corrected chi connectivity index (χ1v) is 10.5. The number of β-amino-alcohol motifs (C(OH)–C–C–N with tert-alkyl or cyclic N) is 1. The van der Waals surface area contributed by atoms with Crippen molar-refractivity contribution < 1.29 is 19.5 Å². The van der Waals surface area contributed by atoms with Crippen LogP contribution in [0, 0.1) is 17.3 Å². The molecular formula is C20H34N4O4. The van der Waals surface area contributed by atoms with Gasteiger partial charge in [-0.25, -0.2) is 4.79 Å². The summed E-state index contributed by atoms with van der Waals surface area (Å²) in [5.41, 5.74) is -0.615. The third-order valence-electron chi connectivity index (χ3n) is 7.27. The van der Waals surface area contributed by atoms with E-state index in [0.29, 0.717) is 38.4 Å². The quantitative estimate of drug-likeness (QED) is 0.493. The predicted octanol–water partition coefficient (Wildman–Crippen LogP) is 0.600. The Balaban J connectivity index is 1.54. The molecule has 8 nitrogen and oxygen atoms in total. The zero-order valence-electron chi connectivity index (χ0n) is 17.2. The molecule has 0 aromatic rings. The average molecular weight is 395 g/mol. The van der Waals surface area contributed by atoms with Crippen LogP contribution in [0.3, 0.4) is 0 Å². The molecular weight excluding hydrogens is 360 g/mol. The molecule has 158 valence electrons. The van der Waals surface area contributed by atoms with Gasteiger partial charge in [-0.05, 0) is 37.0 Å². The van der Waals surface area contributed by atoms with E-state index in [1.165, 1.54) is 0 Å². The number of amides is 4. The summed E-state index contributed by atoms with van der Waals surface area (Å²) in [6.07, 6.45) is 3.66. The minimum absolute atomic E-state index is 0.0457. The molecule has 0 aromatic carbocycles. The number of nitrogens with zero attached hydrogens (tertiary/aromatic N) is 1. The lowest BCUT2D eigenvalue weighted by molar-refractivity contribution is -0.136. The van der Waals surface area contributed by atoms with E-state index in [4.69, 9.17) is 0 Å². The van der Waals surface area contributed by atoms with Gasteiger partial charge in [0.05, 0.1) is 6.10 Å². The molecule has 2 heterocycles. The van der Waals surface area contributed by atoms with Crippen LogP contribution >= 0.6 is 0 Å². The number of rotatable bonds is 6. The number of imide groups is 1. The first-order chi connectivity index (χ1) is 13.2. The Labute approximate surface area is 166 Å². The Hall–Kier alpha value is -1.67. The third kappa shape index (κ3) is 4.03. The van der Waals surface area contributed by atoms with Gasteiger partial charge in [-0.3, -0.25) is 14.5 Å². The molecule has 0 radical (unpaired) electrons. The van der Waals surface area contributed by atoms with Crippen LogP contribution in [0.2, 0.25) is 0 Å². The van der Waals surface area contributed by atoms with Crippen molar-refractivity contribution in [3.63, 3.8) is 0 Å². The Bertz CT molecular complexity index is 628. The van der Waals surface area contributed by atoms with Crippen molar-refractivity contribution in [1.82, 2.24) is 20.9 Å². The molecule has 3 aliphatic rings. The number of carbonyl (C=O) groups is 3. The second kappa shape index (κ2) is 7.99. The Kier molecular flexibility index (Phi) is 6.00. The highest BCUT2D eigenvalue weighted by Crippen LogP contribution is 2.45. The van der Waals surface area contributed by atoms with Crippen molar-refractivity contribution in [2.75, 3.05) is 26.2 Å². The summed E-state index contributed by atoms with van der Waals surface area (Å²) in [7, 11) is 0. The van der Waals surface area contributed by atoms with Gasteiger partial charge in [0.2, 0.25) is 5.91 Å². The lowest BCUT2D eigenvalue weighted by Gasteiger charge is -2.42. The van der Waals surface area contributed by atoms with Crippen molar-refractivity contribution in [1.29, 1.82) is 0 Å². The second-order valence-electron chi connectivity index (χ2n) is 9.31.